The zero-order valence-corrected chi connectivity index (χ0v) is 17.2. The average Bonchev–Trinajstić information content (AvgIpc) is 3.19. The van der Waals surface area contributed by atoms with E-state index < -0.39 is 17.6 Å². The standard InChI is InChI=1S/C24H19F3N4O2/c25-24(26,27)18-5-1-3-15(11-18)14-31-10-9-19-17(4-2-6-21(19)31)13-29-30-23(33)16-7-8-22(32)20(28)12-16/h1-13,32H,14,28H2,(H,30,33)/b29-13+. The number of aromatic nitrogens is 1. The summed E-state index contributed by atoms with van der Waals surface area (Å²) >= 11 is 0. The van der Waals surface area contributed by atoms with Gasteiger partial charge < -0.3 is 15.4 Å². The molecule has 0 aliphatic rings. The summed E-state index contributed by atoms with van der Waals surface area (Å²) in [6, 6.07) is 16.6. The Bertz CT molecular complexity index is 1360. The van der Waals surface area contributed by atoms with E-state index in [0.29, 0.717) is 5.56 Å². The van der Waals surface area contributed by atoms with Crippen LogP contribution in [0.2, 0.25) is 0 Å². The van der Waals surface area contributed by atoms with Crippen LogP contribution < -0.4 is 11.2 Å². The lowest BCUT2D eigenvalue weighted by Gasteiger charge is -2.10. The van der Waals surface area contributed by atoms with Crippen molar-refractivity contribution in [2.45, 2.75) is 12.7 Å². The Morgan fingerprint density at radius 3 is 2.64 bits per heavy atom. The van der Waals surface area contributed by atoms with Crippen LogP contribution in [-0.2, 0) is 12.7 Å². The molecule has 0 bridgehead atoms. The van der Waals surface area contributed by atoms with Crippen molar-refractivity contribution >= 4 is 28.7 Å². The van der Waals surface area contributed by atoms with Crippen LogP contribution in [0.3, 0.4) is 0 Å². The number of nitrogens with zero attached hydrogens (tertiary/aromatic N) is 2. The molecule has 0 saturated carbocycles. The lowest BCUT2D eigenvalue weighted by Crippen LogP contribution is -2.17. The van der Waals surface area contributed by atoms with Gasteiger partial charge in [-0.05, 0) is 48.0 Å². The molecule has 168 valence electrons. The minimum atomic E-state index is -4.39. The van der Waals surface area contributed by atoms with Gasteiger partial charge in [0.25, 0.3) is 5.91 Å². The van der Waals surface area contributed by atoms with Gasteiger partial charge in [-0.15, -0.1) is 0 Å². The number of rotatable bonds is 5. The summed E-state index contributed by atoms with van der Waals surface area (Å²) in [7, 11) is 0. The van der Waals surface area contributed by atoms with Crippen molar-refractivity contribution in [1.82, 2.24) is 9.99 Å². The van der Waals surface area contributed by atoms with Gasteiger partial charge in [-0.3, -0.25) is 4.79 Å². The van der Waals surface area contributed by atoms with E-state index in [9.17, 15) is 23.1 Å². The maximum atomic E-state index is 13.0. The second-order valence-electron chi connectivity index (χ2n) is 7.39. The van der Waals surface area contributed by atoms with E-state index in [1.165, 1.54) is 30.5 Å². The van der Waals surface area contributed by atoms with Crippen LogP contribution in [0.1, 0.15) is 27.0 Å². The number of hydrogen-bond donors (Lipinski definition) is 3. The highest BCUT2D eigenvalue weighted by Crippen LogP contribution is 2.30. The van der Waals surface area contributed by atoms with Crippen molar-refractivity contribution in [3.63, 3.8) is 0 Å². The van der Waals surface area contributed by atoms with E-state index >= 15 is 0 Å². The Labute approximate surface area is 186 Å². The minimum Gasteiger partial charge on any atom is -0.506 e. The molecule has 4 aromatic rings. The van der Waals surface area contributed by atoms with E-state index in [-0.39, 0.29) is 23.5 Å². The van der Waals surface area contributed by atoms with Gasteiger partial charge in [0.2, 0.25) is 0 Å². The number of nitrogens with two attached hydrogens (primary N) is 1. The highest BCUT2D eigenvalue weighted by molar-refractivity contribution is 6.00. The Morgan fingerprint density at radius 2 is 1.88 bits per heavy atom. The summed E-state index contributed by atoms with van der Waals surface area (Å²) < 4.78 is 40.9. The molecule has 0 spiro atoms. The molecule has 0 saturated heterocycles. The SMILES string of the molecule is Nc1cc(C(=O)N/N=C/c2cccc3c2ccn3Cc2cccc(C(F)(F)F)c2)ccc1O. The molecule has 1 heterocycles. The fourth-order valence-electron chi connectivity index (χ4n) is 3.46. The first kappa shape index (κ1) is 21.9. The highest BCUT2D eigenvalue weighted by atomic mass is 19.4. The summed E-state index contributed by atoms with van der Waals surface area (Å²) in [5, 5.41) is 14.3. The molecular formula is C24H19F3N4O2. The van der Waals surface area contributed by atoms with Crippen LogP contribution in [-0.4, -0.2) is 21.8 Å². The van der Waals surface area contributed by atoms with Crippen molar-refractivity contribution in [3.05, 3.63) is 95.2 Å². The van der Waals surface area contributed by atoms with Crippen molar-refractivity contribution < 1.29 is 23.1 Å². The van der Waals surface area contributed by atoms with Crippen molar-refractivity contribution in [1.29, 1.82) is 0 Å². The van der Waals surface area contributed by atoms with Crippen LogP contribution >= 0.6 is 0 Å². The number of nitrogens with one attached hydrogen (secondary N) is 1. The monoisotopic (exact) mass is 452 g/mol. The molecule has 0 aliphatic heterocycles. The molecule has 1 aromatic heterocycles. The quantitative estimate of drug-likeness (QED) is 0.176. The number of carbonyl (C=O) groups is 1. The first-order valence-corrected chi connectivity index (χ1v) is 9.88. The molecule has 4 rings (SSSR count). The van der Waals surface area contributed by atoms with Crippen molar-refractivity contribution in [3.8, 4) is 5.75 Å². The Balaban J connectivity index is 1.52. The number of hydrazone groups is 1. The first-order chi connectivity index (χ1) is 15.7. The van der Waals surface area contributed by atoms with Crippen molar-refractivity contribution in [2.24, 2.45) is 5.10 Å². The normalized spacial score (nSPS) is 11.8. The fourth-order valence-corrected chi connectivity index (χ4v) is 3.46. The molecule has 33 heavy (non-hydrogen) atoms. The minimum absolute atomic E-state index is 0.0820. The van der Waals surface area contributed by atoms with Gasteiger partial charge in [-0.2, -0.15) is 18.3 Å². The van der Waals surface area contributed by atoms with Crippen molar-refractivity contribution in [2.75, 3.05) is 5.73 Å². The second-order valence-corrected chi connectivity index (χ2v) is 7.39. The Morgan fingerprint density at radius 1 is 1.09 bits per heavy atom. The zero-order chi connectivity index (χ0) is 23.6. The third-order valence-corrected chi connectivity index (χ3v) is 5.11. The largest absolute Gasteiger partial charge is 0.506 e. The molecule has 0 aliphatic carbocycles. The lowest BCUT2D eigenvalue weighted by molar-refractivity contribution is -0.137. The molecule has 1 amide bonds. The van der Waals surface area contributed by atoms with Crippen LogP contribution in [0.4, 0.5) is 18.9 Å². The van der Waals surface area contributed by atoms with Crippen LogP contribution in [0.15, 0.2) is 78.0 Å². The van der Waals surface area contributed by atoms with Crippen LogP contribution in [0.5, 0.6) is 5.75 Å². The number of aromatic hydroxyl groups is 1. The summed E-state index contributed by atoms with van der Waals surface area (Å²) in [6.07, 6.45) is -1.12. The summed E-state index contributed by atoms with van der Waals surface area (Å²) in [5.74, 6) is -0.608. The molecule has 0 atom stereocenters. The molecule has 6 nitrogen and oxygen atoms in total. The van der Waals surface area contributed by atoms with E-state index in [0.717, 1.165) is 28.6 Å². The number of benzene rings is 3. The average molecular weight is 452 g/mol. The van der Waals surface area contributed by atoms with E-state index in [2.05, 4.69) is 10.5 Å². The van der Waals surface area contributed by atoms with Gasteiger partial charge in [0.1, 0.15) is 5.75 Å². The van der Waals surface area contributed by atoms with Gasteiger partial charge in [0.15, 0.2) is 0 Å². The number of carbonyl (C=O) groups excluding carboxylic acids is 1. The van der Waals surface area contributed by atoms with Crippen LogP contribution in [0, 0.1) is 0 Å². The van der Waals surface area contributed by atoms with Crippen LogP contribution in [0.25, 0.3) is 10.9 Å². The maximum absolute atomic E-state index is 13.0. The molecule has 3 aromatic carbocycles. The predicted octanol–water partition coefficient (Wildman–Crippen LogP) is 4.76. The van der Waals surface area contributed by atoms with E-state index in [1.807, 2.05) is 22.8 Å². The summed E-state index contributed by atoms with van der Waals surface area (Å²) in [4.78, 5) is 12.2. The topological polar surface area (TPSA) is 92.6 Å². The maximum Gasteiger partial charge on any atom is 0.416 e. The Kier molecular flexibility index (Phi) is 5.78. The number of halogens is 3. The van der Waals surface area contributed by atoms with Gasteiger partial charge in [-0.1, -0.05) is 24.3 Å². The summed E-state index contributed by atoms with van der Waals surface area (Å²) in [6.45, 7) is 0.271. The number of fused-ring (bicyclic) bond motifs is 1. The smallest absolute Gasteiger partial charge is 0.416 e. The molecule has 4 N–H and O–H groups in total. The number of nitrogen functional groups attached to an aromatic ring is 1. The number of hydrogen-bond acceptors (Lipinski definition) is 4. The molecule has 0 fully saturated rings. The predicted molar refractivity (Wildman–Crippen MR) is 120 cm³/mol. The molecular weight excluding hydrogens is 433 g/mol. The molecule has 0 unspecified atom stereocenters. The number of amides is 1. The number of anilines is 1. The third-order valence-electron chi connectivity index (χ3n) is 5.11. The first-order valence-electron chi connectivity index (χ1n) is 9.88. The third kappa shape index (κ3) is 4.82. The van der Waals surface area contributed by atoms with Gasteiger partial charge in [0, 0.05) is 34.8 Å². The number of phenolic OH excluding ortho intramolecular Hbond substituents is 1. The second kappa shape index (κ2) is 8.70. The highest BCUT2D eigenvalue weighted by Gasteiger charge is 2.30. The molecule has 9 heteroatoms. The summed E-state index contributed by atoms with van der Waals surface area (Å²) in [5.41, 5.74) is 9.71. The van der Waals surface area contributed by atoms with Gasteiger partial charge in [-0.25, -0.2) is 5.43 Å². The van der Waals surface area contributed by atoms with E-state index in [1.54, 1.807) is 18.3 Å². The fraction of sp³-hybridized carbons (Fsp3) is 0.0833. The number of phenols is 1. The van der Waals surface area contributed by atoms with Gasteiger partial charge in [0.05, 0.1) is 17.5 Å². The molecule has 0 radical (unpaired) electrons. The lowest BCUT2D eigenvalue weighted by atomic mass is 10.1. The zero-order valence-electron chi connectivity index (χ0n) is 17.2. The number of alkyl halides is 3. The Hall–Kier alpha value is -4.27. The van der Waals surface area contributed by atoms with E-state index in [4.69, 9.17) is 5.73 Å². The van der Waals surface area contributed by atoms with Gasteiger partial charge >= 0.3 is 6.18 Å².